The van der Waals surface area contributed by atoms with Crippen molar-refractivity contribution in [3.63, 3.8) is 0 Å². The lowest BCUT2D eigenvalue weighted by Crippen LogP contribution is -2.55. The number of aliphatic imine (C=N–C) groups is 1. The minimum Gasteiger partial charge on any atom is -0.355 e. The van der Waals surface area contributed by atoms with Crippen molar-refractivity contribution >= 4 is 17.3 Å². The van der Waals surface area contributed by atoms with Gasteiger partial charge >= 0.3 is 0 Å². The molecule has 2 aromatic heterocycles. The maximum atomic E-state index is 4.82. The van der Waals surface area contributed by atoms with E-state index < -0.39 is 0 Å². The van der Waals surface area contributed by atoms with Gasteiger partial charge in [-0.1, -0.05) is 19.4 Å². The summed E-state index contributed by atoms with van der Waals surface area (Å²) in [6.45, 7) is 12.3. The summed E-state index contributed by atoms with van der Waals surface area (Å²) in [4.78, 5) is 8.70. The van der Waals surface area contributed by atoms with E-state index in [2.05, 4.69) is 68.6 Å². The number of thiophene rings is 1. The molecule has 1 aliphatic heterocycles. The van der Waals surface area contributed by atoms with Crippen molar-refractivity contribution in [3.8, 4) is 0 Å². The Balaban J connectivity index is 1.57. The number of guanidine groups is 1. The van der Waals surface area contributed by atoms with Crippen molar-refractivity contribution in [2.75, 3.05) is 26.2 Å². The number of nitrogens with zero attached hydrogens (tertiary/aromatic N) is 5. The summed E-state index contributed by atoms with van der Waals surface area (Å²) in [5.74, 6) is 1.89. The number of hydrogen-bond donors (Lipinski definition) is 2. The van der Waals surface area contributed by atoms with E-state index in [1.165, 1.54) is 37.2 Å². The van der Waals surface area contributed by atoms with Gasteiger partial charge in [0.25, 0.3) is 0 Å². The Morgan fingerprint density at radius 2 is 2.07 bits per heavy atom. The first-order valence-electron chi connectivity index (χ1n) is 10.7. The van der Waals surface area contributed by atoms with Crippen LogP contribution in [0.15, 0.2) is 28.8 Å². The molecule has 7 nitrogen and oxygen atoms in total. The SMILES string of the molecule is CCc1nncn1CCNC(=NCc1cccs1)NCC(C)(C)N1CCCCC1. The molecule has 160 valence electrons. The highest BCUT2D eigenvalue weighted by atomic mass is 32.1. The number of rotatable bonds is 9. The molecule has 0 bridgehead atoms. The topological polar surface area (TPSA) is 70.4 Å². The van der Waals surface area contributed by atoms with E-state index in [4.69, 9.17) is 4.99 Å². The van der Waals surface area contributed by atoms with Crippen LogP contribution < -0.4 is 10.6 Å². The first kappa shape index (κ1) is 21.8. The number of aromatic nitrogens is 3. The Kier molecular flexibility index (Phi) is 8.06. The van der Waals surface area contributed by atoms with Gasteiger partial charge in [-0.15, -0.1) is 21.5 Å². The Hall–Kier alpha value is -1.93. The van der Waals surface area contributed by atoms with Crippen molar-refractivity contribution in [2.24, 2.45) is 4.99 Å². The van der Waals surface area contributed by atoms with E-state index in [0.29, 0.717) is 6.54 Å². The van der Waals surface area contributed by atoms with Crippen molar-refractivity contribution in [2.45, 2.75) is 65.1 Å². The zero-order valence-electron chi connectivity index (χ0n) is 18.0. The highest BCUT2D eigenvalue weighted by Gasteiger charge is 2.27. The summed E-state index contributed by atoms with van der Waals surface area (Å²) in [7, 11) is 0. The molecule has 2 aromatic rings. The average Bonchev–Trinajstić information content (AvgIpc) is 3.42. The van der Waals surface area contributed by atoms with Gasteiger partial charge in [0.05, 0.1) is 6.54 Å². The number of aryl methyl sites for hydroxylation is 1. The molecule has 0 aliphatic carbocycles. The molecule has 29 heavy (non-hydrogen) atoms. The molecule has 0 saturated carbocycles. The maximum absolute atomic E-state index is 4.82. The van der Waals surface area contributed by atoms with E-state index in [1.807, 2.05) is 0 Å². The second-order valence-electron chi connectivity index (χ2n) is 8.18. The Labute approximate surface area is 178 Å². The summed E-state index contributed by atoms with van der Waals surface area (Å²) in [6, 6.07) is 4.21. The first-order chi connectivity index (χ1) is 14.1. The normalized spacial score (nSPS) is 16.2. The van der Waals surface area contributed by atoms with Crippen LogP contribution in [0, 0.1) is 0 Å². The smallest absolute Gasteiger partial charge is 0.191 e. The third kappa shape index (κ3) is 6.54. The summed E-state index contributed by atoms with van der Waals surface area (Å²) < 4.78 is 2.10. The third-order valence-corrected chi connectivity index (χ3v) is 6.39. The van der Waals surface area contributed by atoms with Crippen LogP contribution in [0.1, 0.15) is 50.7 Å². The lowest BCUT2D eigenvalue weighted by atomic mass is 9.98. The molecule has 0 amide bonds. The molecule has 8 heteroatoms. The molecule has 1 saturated heterocycles. The predicted molar refractivity (Wildman–Crippen MR) is 120 cm³/mol. The molecule has 1 fully saturated rings. The Morgan fingerprint density at radius 1 is 1.24 bits per heavy atom. The van der Waals surface area contributed by atoms with Crippen LogP contribution >= 0.6 is 11.3 Å². The van der Waals surface area contributed by atoms with E-state index in [-0.39, 0.29) is 5.54 Å². The highest BCUT2D eigenvalue weighted by molar-refractivity contribution is 7.09. The molecule has 2 N–H and O–H groups in total. The lowest BCUT2D eigenvalue weighted by molar-refractivity contribution is 0.0982. The van der Waals surface area contributed by atoms with Crippen LogP contribution in [-0.4, -0.2) is 57.3 Å². The van der Waals surface area contributed by atoms with Gasteiger partial charge < -0.3 is 15.2 Å². The molecule has 1 aliphatic rings. The number of hydrogen-bond acceptors (Lipinski definition) is 5. The van der Waals surface area contributed by atoms with Crippen LogP contribution in [0.25, 0.3) is 0 Å². The standard InChI is InChI=1S/C21H35N7S/c1-4-19-26-25-17-27(19)13-10-22-20(23-15-18-9-8-14-29-18)24-16-21(2,3)28-11-6-5-7-12-28/h8-9,14,17H,4-7,10-13,15-16H2,1-3H3,(H2,22,23,24). The molecular formula is C21H35N7S. The van der Waals surface area contributed by atoms with Crippen molar-refractivity contribution in [1.82, 2.24) is 30.3 Å². The molecule has 0 spiro atoms. The van der Waals surface area contributed by atoms with Crippen LogP contribution in [0.2, 0.25) is 0 Å². The maximum Gasteiger partial charge on any atom is 0.191 e. The molecule has 0 aromatic carbocycles. The van der Waals surface area contributed by atoms with Gasteiger partial charge in [0.15, 0.2) is 5.96 Å². The van der Waals surface area contributed by atoms with Crippen molar-refractivity contribution in [3.05, 3.63) is 34.5 Å². The van der Waals surface area contributed by atoms with Gasteiger partial charge in [0.2, 0.25) is 0 Å². The molecule has 0 unspecified atom stereocenters. The molecule has 0 radical (unpaired) electrons. The minimum absolute atomic E-state index is 0.107. The zero-order chi connectivity index (χ0) is 20.5. The Bertz CT molecular complexity index is 745. The van der Waals surface area contributed by atoms with E-state index in [0.717, 1.165) is 37.8 Å². The lowest BCUT2D eigenvalue weighted by Gasteiger charge is -2.41. The molecule has 3 heterocycles. The summed E-state index contributed by atoms with van der Waals surface area (Å²) in [5.41, 5.74) is 0.107. The number of nitrogens with one attached hydrogen (secondary N) is 2. The molecule has 0 atom stereocenters. The third-order valence-electron chi connectivity index (χ3n) is 5.53. The van der Waals surface area contributed by atoms with E-state index in [1.54, 1.807) is 17.7 Å². The fourth-order valence-electron chi connectivity index (χ4n) is 3.68. The van der Waals surface area contributed by atoms with Crippen molar-refractivity contribution in [1.29, 1.82) is 0 Å². The Morgan fingerprint density at radius 3 is 2.79 bits per heavy atom. The summed E-state index contributed by atoms with van der Waals surface area (Å²) >= 11 is 1.75. The summed E-state index contributed by atoms with van der Waals surface area (Å²) in [5, 5.41) is 17.4. The van der Waals surface area contributed by atoms with Crippen LogP contribution in [0.4, 0.5) is 0 Å². The minimum atomic E-state index is 0.107. The van der Waals surface area contributed by atoms with E-state index >= 15 is 0 Å². The second-order valence-corrected chi connectivity index (χ2v) is 9.21. The first-order valence-corrected chi connectivity index (χ1v) is 11.6. The van der Waals surface area contributed by atoms with Gasteiger partial charge in [0.1, 0.15) is 12.2 Å². The quantitative estimate of drug-likeness (QED) is 0.485. The predicted octanol–water partition coefficient (Wildman–Crippen LogP) is 2.90. The highest BCUT2D eigenvalue weighted by Crippen LogP contribution is 2.19. The number of likely N-dealkylation sites (tertiary alicyclic amines) is 1. The average molecular weight is 418 g/mol. The van der Waals surface area contributed by atoms with Gasteiger partial charge in [-0.25, -0.2) is 4.99 Å². The monoisotopic (exact) mass is 417 g/mol. The number of piperidine rings is 1. The largest absolute Gasteiger partial charge is 0.355 e. The van der Waals surface area contributed by atoms with Gasteiger partial charge in [-0.05, 0) is 51.2 Å². The zero-order valence-corrected chi connectivity index (χ0v) is 18.8. The summed E-state index contributed by atoms with van der Waals surface area (Å²) in [6.07, 6.45) is 6.66. The van der Waals surface area contributed by atoms with Crippen LogP contribution in [0.3, 0.4) is 0 Å². The molecule has 3 rings (SSSR count). The second kappa shape index (κ2) is 10.7. The van der Waals surface area contributed by atoms with Gasteiger partial charge in [-0.3, -0.25) is 4.90 Å². The van der Waals surface area contributed by atoms with Crippen LogP contribution in [0.5, 0.6) is 0 Å². The van der Waals surface area contributed by atoms with E-state index in [9.17, 15) is 0 Å². The van der Waals surface area contributed by atoms with Crippen molar-refractivity contribution < 1.29 is 0 Å². The fourth-order valence-corrected chi connectivity index (χ4v) is 4.31. The molecular weight excluding hydrogens is 382 g/mol. The van der Waals surface area contributed by atoms with Gasteiger partial charge in [0, 0.05) is 36.5 Å². The van der Waals surface area contributed by atoms with Crippen LogP contribution in [-0.2, 0) is 19.5 Å². The fraction of sp³-hybridized carbons (Fsp3) is 0.667. The van der Waals surface area contributed by atoms with Gasteiger partial charge in [-0.2, -0.15) is 0 Å².